The van der Waals surface area contributed by atoms with Crippen LogP contribution in [0.15, 0.2) is 24.3 Å². The molecular formula is C14H20O2. The Morgan fingerprint density at radius 3 is 2.81 bits per heavy atom. The molecule has 2 rings (SSSR count). The molecule has 16 heavy (non-hydrogen) atoms. The van der Waals surface area contributed by atoms with E-state index >= 15 is 0 Å². The van der Waals surface area contributed by atoms with E-state index in [0.29, 0.717) is 6.10 Å². The molecule has 0 bridgehead atoms. The van der Waals surface area contributed by atoms with Crippen molar-refractivity contribution in [2.75, 3.05) is 13.2 Å². The fourth-order valence-electron chi connectivity index (χ4n) is 1.79. The number of aryl methyl sites for hydroxylation is 1. The standard InChI is InChI=1S/C14H20O2/c1-12-7-4-5-9-14(12)15-10-6-2-3-8-13-11-16-13/h4-5,7,9,13H,2-3,6,8,10-11H2,1H3. The molecule has 88 valence electrons. The Hall–Kier alpha value is -1.02. The number of hydrogen-bond donors (Lipinski definition) is 0. The van der Waals surface area contributed by atoms with Crippen molar-refractivity contribution in [1.82, 2.24) is 0 Å². The molecule has 1 atom stereocenters. The van der Waals surface area contributed by atoms with E-state index in [-0.39, 0.29) is 0 Å². The average molecular weight is 220 g/mol. The van der Waals surface area contributed by atoms with Crippen LogP contribution in [0.3, 0.4) is 0 Å². The van der Waals surface area contributed by atoms with Gasteiger partial charge in [0.1, 0.15) is 5.75 Å². The first-order valence-corrected chi connectivity index (χ1v) is 6.16. The molecule has 0 spiro atoms. The lowest BCUT2D eigenvalue weighted by Crippen LogP contribution is -1.99. The molecule has 0 amide bonds. The number of benzene rings is 1. The summed E-state index contributed by atoms with van der Waals surface area (Å²) in [6.45, 7) is 3.90. The van der Waals surface area contributed by atoms with Crippen molar-refractivity contribution in [2.45, 2.75) is 38.7 Å². The number of hydrogen-bond acceptors (Lipinski definition) is 2. The van der Waals surface area contributed by atoms with Gasteiger partial charge in [0, 0.05) is 0 Å². The fourth-order valence-corrected chi connectivity index (χ4v) is 1.79. The molecule has 2 heteroatoms. The van der Waals surface area contributed by atoms with Crippen LogP contribution >= 0.6 is 0 Å². The van der Waals surface area contributed by atoms with Crippen molar-refractivity contribution >= 4 is 0 Å². The van der Waals surface area contributed by atoms with E-state index in [4.69, 9.17) is 9.47 Å². The van der Waals surface area contributed by atoms with Gasteiger partial charge in [-0.05, 0) is 37.8 Å². The molecule has 1 aliphatic heterocycles. The smallest absolute Gasteiger partial charge is 0.122 e. The Morgan fingerprint density at radius 2 is 2.06 bits per heavy atom. The highest BCUT2D eigenvalue weighted by Crippen LogP contribution is 2.18. The molecule has 0 saturated carbocycles. The number of para-hydroxylation sites is 1. The molecular weight excluding hydrogens is 200 g/mol. The van der Waals surface area contributed by atoms with E-state index in [1.54, 1.807) is 0 Å². The van der Waals surface area contributed by atoms with Crippen molar-refractivity contribution in [2.24, 2.45) is 0 Å². The molecule has 1 heterocycles. The highest BCUT2D eigenvalue weighted by Gasteiger charge is 2.20. The number of rotatable bonds is 7. The van der Waals surface area contributed by atoms with Gasteiger partial charge in [-0.2, -0.15) is 0 Å². The van der Waals surface area contributed by atoms with Crippen molar-refractivity contribution in [3.8, 4) is 5.75 Å². The molecule has 0 radical (unpaired) electrons. The summed E-state index contributed by atoms with van der Waals surface area (Å²) in [4.78, 5) is 0. The second kappa shape index (κ2) is 5.90. The Labute approximate surface area is 97.6 Å². The van der Waals surface area contributed by atoms with Gasteiger partial charge in [0.25, 0.3) is 0 Å². The monoisotopic (exact) mass is 220 g/mol. The highest BCUT2D eigenvalue weighted by atomic mass is 16.6. The van der Waals surface area contributed by atoms with Crippen LogP contribution in [-0.2, 0) is 4.74 Å². The van der Waals surface area contributed by atoms with Crippen LogP contribution in [-0.4, -0.2) is 19.3 Å². The molecule has 1 aromatic carbocycles. The van der Waals surface area contributed by atoms with Gasteiger partial charge in [-0.1, -0.05) is 24.6 Å². The summed E-state index contributed by atoms with van der Waals surface area (Å²) < 4.78 is 10.9. The molecule has 1 fully saturated rings. The lowest BCUT2D eigenvalue weighted by Gasteiger charge is -2.08. The van der Waals surface area contributed by atoms with Crippen LogP contribution in [0.5, 0.6) is 5.75 Å². The minimum atomic E-state index is 0.581. The summed E-state index contributed by atoms with van der Waals surface area (Å²) >= 11 is 0. The summed E-state index contributed by atoms with van der Waals surface area (Å²) in [5.41, 5.74) is 1.22. The van der Waals surface area contributed by atoms with Crippen LogP contribution in [0.4, 0.5) is 0 Å². The molecule has 1 unspecified atom stereocenters. The molecule has 2 nitrogen and oxygen atoms in total. The Kier molecular flexibility index (Phi) is 4.23. The van der Waals surface area contributed by atoms with Crippen LogP contribution in [0.25, 0.3) is 0 Å². The van der Waals surface area contributed by atoms with Gasteiger partial charge >= 0.3 is 0 Å². The van der Waals surface area contributed by atoms with E-state index < -0.39 is 0 Å². The predicted molar refractivity (Wildman–Crippen MR) is 64.9 cm³/mol. The van der Waals surface area contributed by atoms with Crippen molar-refractivity contribution in [3.63, 3.8) is 0 Å². The molecule has 0 aliphatic carbocycles. The Morgan fingerprint density at radius 1 is 1.25 bits per heavy atom. The van der Waals surface area contributed by atoms with Crippen LogP contribution < -0.4 is 4.74 Å². The third kappa shape index (κ3) is 3.86. The molecule has 1 aliphatic rings. The quantitative estimate of drug-likeness (QED) is 0.519. The van der Waals surface area contributed by atoms with Gasteiger partial charge in [0.05, 0.1) is 19.3 Å². The minimum Gasteiger partial charge on any atom is -0.493 e. The largest absolute Gasteiger partial charge is 0.493 e. The Bertz CT molecular complexity index is 318. The van der Waals surface area contributed by atoms with Gasteiger partial charge in [-0.25, -0.2) is 0 Å². The Balaban J connectivity index is 1.55. The van der Waals surface area contributed by atoms with E-state index in [1.807, 2.05) is 18.2 Å². The third-order valence-corrected chi connectivity index (χ3v) is 2.92. The van der Waals surface area contributed by atoms with E-state index in [0.717, 1.165) is 25.4 Å². The number of unbranched alkanes of at least 4 members (excludes halogenated alkanes) is 2. The van der Waals surface area contributed by atoms with Crippen LogP contribution in [0.1, 0.15) is 31.2 Å². The second-order valence-corrected chi connectivity index (χ2v) is 4.42. The number of epoxide rings is 1. The average Bonchev–Trinajstić information content (AvgIpc) is 3.09. The maximum absolute atomic E-state index is 5.73. The lowest BCUT2D eigenvalue weighted by atomic mass is 10.1. The normalized spacial score (nSPS) is 18.4. The van der Waals surface area contributed by atoms with Crippen molar-refractivity contribution in [3.05, 3.63) is 29.8 Å². The molecule has 0 aromatic heterocycles. The van der Waals surface area contributed by atoms with E-state index in [2.05, 4.69) is 13.0 Å². The zero-order valence-corrected chi connectivity index (χ0v) is 9.95. The fraction of sp³-hybridized carbons (Fsp3) is 0.571. The van der Waals surface area contributed by atoms with Gasteiger partial charge in [-0.3, -0.25) is 0 Å². The summed E-state index contributed by atoms with van der Waals surface area (Å²) in [5, 5.41) is 0. The van der Waals surface area contributed by atoms with Crippen molar-refractivity contribution in [1.29, 1.82) is 0 Å². The van der Waals surface area contributed by atoms with Crippen LogP contribution in [0.2, 0.25) is 0 Å². The summed E-state index contributed by atoms with van der Waals surface area (Å²) in [6.07, 6.45) is 5.45. The van der Waals surface area contributed by atoms with E-state index in [1.165, 1.54) is 24.8 Å². The first-order chi connectivity index (χ1) is 7.86. The zero-order valence-electron chi connectivity index (χ0n) is 9.95. The molecule has 0 N–H and O–H groups in total. The third-order valence-electron chi connectivity index (χ3n) is 2.92. The second-order valence-electron chi connectivity index (χ2n) is 4.42. The maximum atomic E-state index is 5.73. The topological polar surface area (TPSA) is 21.8 Å². The van der Waals surface area contributed by atoms with Gasteiger partial charge < -0.3 is 9.47 Å². The van der Waals surface area contributed by atoms with E-state index in [9.17, 15) is 0 Å². The maximum Gasteiger partial charge on any atom is 0.122 e. The lowest BCUT2D eigenvalue weighted by molar-refractivity contribution is 0.300. The molecule has 1 aromatic rings. The van der Waals surface area contributed by atoms with Gasteiger partial charge in [0.15, 0.2) is 0 Å². The predicted octanol–water partition coefficient (Wildman–Crippen LogP) is 3.33. The first-order valence-electron chi connectivity index (χ1n) is 6.16. The van der Waals surface area contributed by atoms with Crippen LogP contribution in [0, 0.1) is 6.92 Å². The summed E-state index contributed by atoms with van der Waals surface area (Å²) in [7, 11) is 0. The van der Waals surface area contributed by atoms with Gasteiger partial charge in [0.2, 0.25) is 0 Å². The highest BCUT2D eigenvalue weighted by molar-refractivity contribution is 5.31. The van der Waals surface area contributed by atoms with Gasteiger partial charge in [-0.15, -0.1) is 0 Å². The zero-order chi connectivity index (χ0) is 11.2. The van der Waals surface area contributed by atoms with Crippen molar-refractivity contribution < 1.29 is 9.47 Å². The molecule has 1 saturated heterocycles. The minimum absolute atomic E-state index is 0.581. The number of ether oxygens (including phenoxy) is 2. The SMILES string of the molecule is Cc1ccccc1OCCCCCC1CO1. The first kappa shape index (κ1) is 11.5. The summed E-state index contributed by atoms with van der Waals surface area (Å²) in [5.74, 6) is 1.02. The summed E-state index contributed by atoms with van der Waals surface area (Å²) in [6, 6.07) is 8.18.